The first kappa shape index (κ1) is 17.3. The molecule has 1 rings (SSSR count). The van der Waals surface area contributed by atoms with E-state index in [1.54, 1.807) is 0 Å². The second-order valence-electron chi connectivity index (χ2n) is 3.96. The van der Waals surface area contributed by atoms with Crippen molar-refractivity contribution in [2.45, 2.75) is 18.3 Å². The summed E-state index contributed by atoms with van der Waals surface area (Å²) in [6.07, 6.45) is -0.630. The van der Waals surface area contributed by atoms with Gasteiger partial charge in [0.05, 0.1) is 22.6 Å². The van der Waals surface area contributed by atoms with E-state index in [0.29, 0.717) is 5.75 Å². The number of carbonyl (C=O) groups excluding carboxylic acids is 1. The zero-order valence-electron chi connectivity index (χ0n) is 10.9. The molecule has 8 heteroatoms. The van der Waals surface area contributed by atoms with Gasteiger partial charge < -0.3 is 15.2 Å². The Hall–Kier alpha value is -0.760. The molecule has 0 aliphatic heterocycles. The van der Waals surface area contributed by atoms with Crippen molar-refractivity contribution in [3.63, 3.8) is 0 Å². The van der Waals surface area contributed by atoms with Crippen LogP contribution in [-0.4, -0.2) is 42.5 Å². The molecule has 1 amide bonds. The van der Waals surface area contributed by atoms with Crippen molar-refractivity contribution in [2.75, 3.05) is 19.4 Å². The number of ether oxygens (including phenoxy) is 1. The van der Waals surface area contributed by atoms with Crippen LogP contribution in [0.5, 0.6) is 0 Å². The third-order valence-electron chi connectivity index (χ3n) is 2.37. The number of halogens is 1. The number of carboxylic acids is 1. The lowest BCUT2D eigenvalue weighted by Crippen LogP contribution is -2.35. The molecule has 2 N–H and O–H groups in total. The SMILES string of the molecule is COC(CNC(=O)CSCc1ccc(Cl)s1)CC(=O)O. The fourth-order valence-corrected chi connectivity index (χ4v) is 3.44. The van der Waals surface area contributed by atoms with E-state index in [9.17, 15) is 9.59 Å². The average molecular weight is 338 g/mol. The van der Waals surface area contributed by atoms with Crippen LogP contribution < -0.4 is 5.32 Å². The maximum atomic E-state index is 11.6. The summed E-state index contributed by atoms with van der Waals surface area (Å²) in [7, 11) is 1.43. The molecule has 0 fully saturated rings. The summed E-state index contributed by atoms with van der Waals surface area (Å²) in [5.74, 6) is -0.0349. The van der Waals surface area contributed by atoms with Gasteiger partial charge in [0.1, 0.15) is 0 Å². The van der Waals surface area contributed by atoms with Crippen molar-refractivity contribution in [3.05, 3.63) is 21.3 Å². The van der Waals surface area contributed by atoms with Gasteiger partial charge in [0.2, 0.25) is 5.91 Å². The van der Waals surface area contributed by atoms with Crippen LogP contribution in [0.25, 0.3) is 0 Å². The fourth-order valence-electron chi connectivity index (χ4n) is 1.39. The maximum Gasteiger partial charge on any atom is 0.306 e. The van der Waals surface area contributed by atoms with Gasteiger partial charge in [-0.3, -0.25) is 9.59 Å². The Kier molecular flexibility index (Phi) is 7.98. The van der Waals surface area contributed by atoms with Crippen LogP contribution in [0, 0.1) is 0 Å². The van der Waals surface area contributed by atoms with E-state index in [1.807, 2.05) is 12.1 Å². The number of carbonyl (C=O) groups is 2. The predicted octanol–water partition coefficient (Wildman–Crippen LogP) is 2.24. The lowest BCUT2D eigenvalue weighted by Gasteiger charge is -2.13. The number of nitrogens with one attached hydrogen (secondary N) is 1. The highest BCUT2D eigenvalue weighted by Gasteiger charge is 2.13. The summed E-state index contributed by atoms with van der Waals surface area (Å²) in [6.45, 7) is 0.201. The minimum absolute atomic E-state index is 0.127. The number of thioether (sulfide) groups is 1. The molecule has 0 saturated carbocycles. The Morgan fingerprint density at radius 2 is 2.30 bits per heavy atom. The number of aliphatic carboxylic acids is 1. The van der Waals surface area contributed by atoms with Gasteiger partial charge in [-0.15, -0.1) is 23.1 Å². The standard InChI is InChI=1S/C12H16ClNO4S2/c1-18-8(4-12(16)17)5-14-11(15)7-19-6-9-2-3-10(13)20-9/h2-3,8H,4-7H2,1H3,(H,14,15)(H,16,17). The zero-order chi connectivity index (χ0) is 15.0. The van der Waals surface area contributed by atoms with Crippen LogP contribution in [0.15, 0.2) is 12.1 Å². The van der Waals surface area contributed by atoms with Gasteiger partial charge in [0.25, 0.3) is 0 Å². The van der Waals surface area contributed by atoms with Crippen LogP contribution >= 0.6 is 34.7 Å². The lowest BCUT2D eigenvalue weighted by molar-refractivity contribution is -0.140. The third-order valence-corrected chi connectivity index (χ3v) is 4.76. The molecule has 0 aliphatic rings. The van der Waals surface area contributed by atoms with Crippen LogP contribution in [0.4, 0.5) is 0 Å². The van der Waals surface area contributed by atoms with Crippen molar-refractivity contribution >= 4 is 46.6 Å². The molecule has 112 valence electrons. The quantitative estimate of drug-likeness (QED) is 0.722. The van der Waals surface area contributed by atoms with Gasteiger partial charge in [-0.1, -0.05) is 11.6 Å². The summed E-state index contributed by atoms with van der Waals surface area (Å²) in [5, 5.41) is 11.3. The number of hydrogen-bond donors (Lipinski definition) is 2. The van der Waals surface area contributed by atoms with Crippen LogP contribution in [0.3, 0.4) is 0 Å². The molecule has 0 radical (unpaired) electrons. The third kappa shape index (κ3) is 7.14. The molecule has 1 aromatic rings. The van der Waals surface area contributed by atoms with Crippen molar-refractivity contribution in [3.8, 4) is 0 Å². The molecule has 1 atom stereocenters. The number of methoxy groups -OCH3 is 1. The predicted molar refractivity (Wildman–Crippen MR) is 81.6 cm³/mol. The zero-order valence-corrected chi connectivity index (χ0v) is 13.3. The van der Waals surface area contributed by atoms with Crippen LogP contribution in [0.2, 0.25) is 4.34 Å². The number of amides is 1. The summed E-state index contributed by atoms with van der Waals surface area (Å²) in [5.41, 5.74) is 0. The molecule has 0 aliphatic carbocycles. The van der Waals surface area contributed by atoms with Crippen molar-refractivity contribution < 1.29 is 19.4 Å². The van der Waals surface area contributed by atoms with Crippen LogP contribution in [0.1, 0.15) is 11.3 Å². The summed E-state index contributed by atoms with van der Waals surface area (Å²) in [4.78, 5) is 23.2. The Morgan fingerprint density at radius 3 is 2.85 bits per heavy atom. The molecule has 0 aromatic carbocycles. The number of carboxylic acid groups (broad SMARTS) is 1. The molecular formula is C12H16ClNO4S2. The van der Waals surface area contributed by atoms with E-state index in [0.717, 1.165) is 15.0 Å². The summed E-state index contributed by atoms with van der Waals surface area (Å²) in [6, 6.07) is 3.77. The fraction of sp³-hybridized carbons (Fsp3) is 0.500. The summed E-state index contributed by atoms with van der Waals surface area (Å²) < 4.78 is 5.71. The smallest absolute Gasteiger partial charge is 0.306 e. The number of thiophene rings is 1. The molecule has 1 heterocycles. The van der Waals surface area contributed by atoms with Gasteiger partial charge in [0.15, 0.2) is 0 Å². The highest BCUT2D eigenvalue weighted by Crippen LogP contribution is 2.24. The van der Waals surface area contributed by atoms with Gasteiger partial charge in [-0.05, 0) is 12.1 Å². The average Bonchev–Trinajstić information content (AvgIpc) is 2.80. The van der Waals surface area contributed by atoms with E-state index in [4.69, 9.17) is 21.4 Å². The highest BCUT2D eigenvalue weighted by molar-refractivity contribution is 7.99. The Morgan fingerprint density at radius 1 is 1.55 bits per heavy atom. The Balaban J connectivity index is 2.18. The van der Waals surface area contributed by atoms with E-state index >= 15 is 0 Å². The van der Waals surface area contributed by atoms with Gasteiger partial charge in [-0.25, -0.2) is 0 Å². The molecule has 1 aromatic heterocycles. The topological polar surface area (TPSA) is 75.6 Å². The molecular weight excluding hydrogens is 322 g/mol. The van der Waals surface area contributed by atoms with Gasteiger partial charge in [0, 0.05) is 24.3 Å². The number of hydrogen-bond acceptors (Lipinski definition) is 5. The lowest BCUT2D eigenvalue weighted by atomic mass is 10.2. The second-order valence-corrected chi connectivity index (χ2v) is 6.74. The van der Waals surface area contributed by atoms with E-state index in [2.05, 4.69) is 5.32 Å². The Bertz CT molecular complexity index is 452. The molecule has 0 bridgehead atoms. The van der Waals surface area contributed by atoms with Crippen molar-refractivity contribution in [2.24, 2.45) is 0 Å². The molecule has 0 saturated heterocycles. The maximum absolute atomic E-state index is 11.6. The van der Waals surface area contributed by atoms with Crippen molar-refractivity contribution in [1.29, 1.82) is 0 Å². The normalized spacial score (nSPS) is 12.1. The van der Waals surface area contributed by atoms with Gasteiger partial charge >= 0.3 is 5.97 Å². The van der Waals surface area contributed by atoms with E-state index in [1.165, 1.54) is 30.2 Å². The number of rotatable bonds is 9. The molecule has 5 nitrogen and oxygen atoms in total. The second kappa shape index (κ2) is 9.23. The molecule has 0 spiro atoms. The summed E-state index contributed by atoms with van der Waals surface area (Å²) >= 11 is 8.79. The molecule has 1 unspecified atom stereocenters. The minimum atomic E-state index is -0.949. The Labute approximate surface area is 130 Å². The first-order chi connectivity index (χ1) is 9.51. The van der Waals surface area contributed by atoms with Crippen molar-refractivity contribution in [1.82, 2.24) is 5.32 Å². The first-order valence-electron chi connectivity index (χ1n) is 5.84. The van der Waals surface area contributed by atoms with Crippen LogP contribution in [-0.2, 0) is 20.1 Å². The monoisotopic (exact) mass is 337 g/mol. The largest absolute Gasteiger partial charge is 0.481 e. The highest BCUT2D eigenvalue weighted by atomic mass is 35.5. The van der Waals surface area contributed by atoms with E-state index in [-0.39, 0.29) is 18.9 Å². The first-order valence-corrected chi connectivity index (χ1v) is 8.19. The van der Waals surface area contributed by atoms with Gasteiger partial charge in [-0.2, -0.15) is 0 Å². The minimum Gasteiger partial charge on any atom is -0.481 e. The molecule has 20 heavy (non-hydrogen) atoms. The van der Waals surface area contributed by atoms with E-state index < -0.39 is 12.1 Å².